The first kappa shape index (κ1) is 34.9. The van der Waals surface area contributed by atoms with Gasteiger partial charge in [-0.1, -0.05) is 18.2 Å². The third-order valence-electron chi connectivity index (χ3n) is 10.9. The molecule has 3 heterocycles. The number of hydrogen-bond donors (Lipinski definition) is 2. The lowest BCUT2D eigenvalue weighted by molar-refractivity contribution is -0.331. The van der Waals surface area contributed by atoms with Crippen LogP contribution in [0.1, 0.15) is 62.6 Å². The molecule has 270 valence electrons. The predicted molar refractivity (Wildman–Crippen MR) is 190 cm³/mol. The SMILES string of the molecule is COc1ccc2c(O[C@@H]3C[C@H]4C(=O)N[C@]5(C(=O)NS(=O)(=O)C6CC6)C[C@H]5/C=C\CCCCN(C)C(=O)[C@@H]4C3)cc(-c3cccc(C)n3)[nH+]c2c1C. The van der Waals surface area contributed by atoms with Gasteiger partial charge in [-0.25, -0.2) is 18.4 Å². The van der Waals surface area contributed by atoms with Crippen LogP contribution >= 0.6 is 0 Å². The Kier molecular flexibility index (Phi) is 9.28. The van der Waals surface area contributed by atoms with Crippen molar-refractivity contribution >= 4 is 38.6 Å². The van der Waals surface area contributed by atoms with Crippen LogP contribution in [0.2, 0.25) is 0 Å². The highest BCUT2D eigenvalue weighted by Crippen LogP contribution is 2.47. The fourth-order valence-electron chi connectivity index (χ4n) is 7.66. The van der Waals surface area contributed by atoms with Gasteiger partial charge in [0.1, 0.15) is 28.8 Å². The minimum absolute atomic E-state index is 0.146. The molecule has 3 aliphatic carbocycles. The molecule has 0 spiro atoms. The van der Waals surface area contributed by atoms with Crippen molar-refractivity contribution in [2.45, 2.75) is 82.1 Å². The largest absolute Gasteiger partial charge is 0.496 e. The Hall–Kier alpha value is -4.52. The van der Waals surface area contributed by atoms with Gasteiger partial charge in [0.25, 0.3) is 5.91 Å². The number of benzene rings is 1. The number of rotatable bonds is 7. The molecule has 5 atom stereocenters. The van der Waals surface area contributed by atoms with Gasteiger partial charge in [-0.15, -0.1) is 0 Å². The fraction of sp³-hybridized carbons (Fsp3) is 0.500. The van der Waals surface area contributed by atoms with E-state index < -0.39 is 50.6 Å². The number of aromatic amines is 1. The van der Waals surface area contributed by atoms with Gasteiger partial charge in [-0.05, 0) is 89.5 Å². The first-order chi connectivity index (χ1) is 24.4. The molecule has 0 bridgehead atoms. The number of amides is 3. The smallest absolute Gasteiger partial charge is 0.259 e. The molecule has 3 aromatic rings. The maximum atomic E-state index is 14.3. The molecule has 3 saturated carbocycles. The Morgan fingerprint density at radius 3 is 2.61 bits per heavy atom. The van der Waals surface area contributed by atoms with Gasteiger partial charge in [0.2, 0.25) is 33.0 Å². The van der Waals surface area contributed by atoms with Crippen molar-refractivity contribution in [3.63, 3.8) is 0 Å². The lowest BCUT2D eigenvalue weighted by Gasteiger charge is -2.26. The Morgan fingerprint density at radius 2 is 1.86 bits per heavy atom. The third kappa shape index (κ3) is 6.92. The van der Waals surface area contributed by atoms with Crippen molar-refractivity contribution in [1.82, 2.24) is 19.9 Å². The number of sulfonamides is 1. The van der Waals surface area contributed by atoms with Crippen LogP contribution in [0.15, 0.2) is 48.6 Å². The number of allylic oxidation sites excluding steroid dienone is 1. The molecule has 0 unspecified atom stereocenters. The first-order valence-electron chi connectivity index (χ1n) is 17.8. The van der Waals surface area contributed by atoms with Gasteiger partial charge >= 0.3 is 0 Å². The molecular weight excluding hydrogens is 671 g/mol. The lowest BCUT2D eigenvalue weighted by atomic mass is 9.93. The zero-order valence-corrected chi connectivity index (χ0v) is 30.3. The highest BCUT2D eigenvalue weighted by atomic mass is 32.2. The normalized spacial score (nSPS) is 27.5. The van der Waals surface area contributed by atoms with E-state index in [1.807, 2.05) is 62.4 Å². The molecule has 3 amide bonds. The fourth-order valence-corrected chi connectivity index (χ4v) is 9.02. The van der Waals surface area contributed by atoms with Crippen LogP contribution in [-0.4, -0.2) is 73.6 Å². The molecule has 1 aromatic carbocycles. The molecule has 3 fully saturated rings. The predicted octanol–water partition coefficient (Wildman–Crippen LogP) is 3.80. The van der Waals surface area contributed by atoms with Gasteiger partial charge in [0.05, 0.1) is 41.2 Å². The molecule has 51 heavy (non-hydrogen) atoms. The quantitative estimate of drug-likeness (QED) is 0.350. The van der Waals surface area contributed by atoms with Crippen LogP contribution in [0.5, 0.6) is 11.5 Å². The van der Waals surface area contributed by atoms with E-state index in [0.717, 1.165) is 52.8 Å². The van der Waals surface area contributed by atoms with Gasteiger partial charge < -0.3 is 19.7 Å². The van der Waals surface area contributed by atoms with Crippen molar-refractivity contribution in [1.29, 1.82) is 0 Å². The molecule has 1 aliphatic heterocycles. The average molecular weight is 717 g/mol. The second-order valence-corrected chi connectivity index (χ2v) is 16.5. The summed E-state index contributed by atoms with van der Waals surface area (Å²) in [5, 5.41) is 3.20. The molecule has 3 N–H and O–H groups in total. The summed E-state index contributed by atoms with van der Waals surface area (Å²) in [6.45, 7) is 4.46. The number of nitrogens with one attached hydrogen (secondary N) is 3. The molecule has 12 nitrogen and oxygen atoms in total. The van der Waals surface area contributed by atoms with E-state index in [4.69, 9.17) is 14.5 Å². The summed E-state index contributed by atoms with van der Waals surface area (Å²) in [4.78, 5) is 51.8. The van der Waals surface area contributed by atoms with Crippen LogP contribution in [0.25, 0.3) is 22.3 Å². The number of ether oxygens (including phenoxy) is 2. The zero-order chi connectivity index (χ0) is 36.1. The van der Waals surface area contributed by atoms with Gasteiger partial charge in [0.15, 0.2) is 0 Å². The van der Waals surface area contributed by atoms with Crippen molar-refractivity contribution in [3.05, 3.63) is 59.8 Å². The number of carbonyl (C=O) groups excluding carboxylic acids is 3. The van der Waals surface area contributed by atoms with E-state index in [1.54, 1.807) is 19.1 Å². The second-order valence-electron chi connectivity index (χ2n) is 14.6. The molecule has 0 radical (unpaired) electrons. The van der Waals surface area contributed by atoms with Crippen molar-refractivity contribution in [2.75, 3.05) is 20.7 Å². The number of methoxy groups -OCH3 is 1. The summed E-state index contributed by atoms with van der Waals surface area (Å²) in [5.74, 6) is -1.83. The monoisotopic (exact) mass is 716 g/mol. The number of nitrogens with zero attached hydrogens (tertiary/aromatic N) is 2. The zero-order valence-electron chi connectivity index (χ0n) is 29.5. The highest BCUT2D eigenvalue weighted by Gasteiger charge is 2.62. The number of aromatic nitrogens is 2. The molecule has 7 rings (SSSR count). The van der Waals surface area contributed by atoms with Crippen molar-refractivity contribution < 1.29 is 37.3 Å². The molecule has 13 heteroatoms. The van der Waals surface area contributed by atoms with Gasteiger partial charge in [-0.2, -0.15) is 0 Å². The topological polar surface area (TPSA) is 158 Å². The number of fused-ring (bicyclic) bond motifs is 3. The summed E-state index contributed by atoms with van der Waals surface area (Å²) >= 11 is 0. The van der Waals surface area contributed by atoms with Crippen LogP contribution in [0, 0.1) is 31.6 Å². The number of aryl methyl sites for hydroxylation is 2. The van der Waals surface area contributed by atoms with E-state index in [0.29, 0.717) is 37.3 Å². The van der Waals surface area contributed by atoms with Gasteiger partial charge in [-0.3, -0.25) is 19.1 Å². The summed E-state index contributed by atoms with van der Waals surface area (Å²) < 4.78 is 40.2. The van der Waals surface area contributed by atoms with Crippen LogP contribution < -0.4 is 24.5 Å². The van der Waals surface area contributed by atoms with Gasteiger partial charge in [0, 0.05) is 25.2 Å². The number of H-pyrrole nitrogens is 1. The standard InChI is InChI=1S/C38H45N5O7S/c1-22-10-9-12-30(39-22)31-20-33(27-15-16-32(49-4)23(2)34(27)40-31)50-25-18-28-29(19-25)36(45)43(3)17-8-6-5-7-11-24-21-38(24,41-35(28)44)37(46)42-51(47,48)26-13-14-26/h7,9-12,15-16,20,24-26,28-29H,5-6,8,13-14,17-19,21H2,1-4H3,(H,41,44)(H,42,46)/p+1/b11-7-/t24-,25-,28-,29-,38-/m1/s1. The van der Waals surface area contributed by atoms with E-state index in [2.05, 4.69) is 15.0 Å². The summed E-state index contributed by atoms with van der Waals surface area (Å²) in [5.41, 5.74) is 2.66. The minimum atomic E-state index is -3.82. The average Bonchev–Trinajstić information content (AvgIpc) is 4.03. The summed E-state index contributed by atoms with van der Waals surface area (Å²) in [6, 6.07) is 11.5. The Morgan fingerprint density at radius 1 is 1.08 bits per heavy atom. The Labute approximate surface area is 298 Å². The van der Waals surface area contributed by atoms with E-state index in [1.165, 1.54) is 0 Å². The first-order valence-corrected chi connectivity index (χ1v) is 19.4. The van der Waals surface area contributed by atoms with E-state index in [9.17, 15) is 22.8 Å². The van der Waals surface area contributed by atoms with Crippen molar-refractivity contribution in [3.8, 4) is 22.9 Å². The maximum Gasteiger partial charge on any atom is 0.259 e. The second kappa shape index (κ2) is 13.6. The van der Waals surface area contributed by atoms with Crippen LogP contribution in [-0.2, 0) is 24.4 Å². The molecule has 0 saturated heterocycles. The van der Waals surface area contributed by atoms with Crippen LogP contribution in [0.3, 0.4) is 0 Å². The number of hydrogen-bond acceptors (Lipinski definition) is 8. The minimum Gasteiger partial charge on any atom is -0.496 e. The van der Waals surface area contributed by atoms with Crippen LogP contribution in [0.4, 0.5) is 0 Å². The third-order valence-corrected chi connectivity index (χ3v) is 12.7. The molecule has 4 aliphatic rings. The number of carbonyl (C=O) groups is 3. The molecular formula is C38H46N5O7S+. The van der Waals surface area contributed by atoms with E-state index in [-0.39, 0.29) is 24.7 Å². The maximum absolute atomic E-state index is 14.3. The number of pyridine rings is 2. The Balaban J connectivity index is 1.21. The summed E-state index contributed by atoms with van der Waals surface area (Å²) in [7, 11) is -0.437. The highest BCUT2D eigenvalue weighted by molar-refractivity contribution is 7.91. The lowest BCUT2D eigenvalue weighted by Crippen LogP contribution is -2.54. The Bertz CT molecular complexity index is 2030. The summed E-state index contributed by atoms with van der Waals surface area (Å²) in [6.07, 6.45) is 7.63. The molecule has 2 aromatic heterocycles. The van der Waals surface area contributed by atoms with Crippen molar-refractivity contribution in [2.24, 2.45) is 17.8 Å². The van der Waals surface area contributed by atoms with E-state index >= 15 is 0 Å².